The number of nitrogens with zero attached hydrogens (tertiary/aromatic N) is 1. The molecule has 1 aromatic rings. The number of rotatable bonds is 7. The lowest BCUT2D eigenvalue weighted by molar-refractivity contribution is -0.128. The first-order valence-corrected chi connectivity index (χ1v) is 8.34. The van der Waals surface area contributed by atoms with Crippen LogP contribution in [0.5, 0.6) is 5.75 Å². The molecule has 0 radical (unpaired) electrons. The number of aliphatic hydroxyl groups excluding tert-OH is 1. The second-order valence-electron chi connectivity index (χ2n) is 6.00. The molecule has 0 saturated carbocycles. The summed E-state index contributed by atoms with van der Waals surface area (Å²) in [6, 6.07) is 6.27. The van der Waals surface area contributed by atoms with Gasteiger partial charge < -0.3 is 15.2 Å². The lowest BCUT2D eigenvalue weighted by atomic mass is 10.0. The fourth-order valence-electron chi connectivity index (χ4n) is 2.39. The van der Waals surface area contributed by atoms with E-state index < -0.39 is 18.2 Å². The highest BCUT2D eigenvalue weighted by molar-refractivity contribution is 9.10. The van der Waals surface area contributed by atoms with Crippen LogP contribution in [-0.2, 0) is 4.79 Å². The highest BCUT2D eigenvalue weighted by Gasteiger charge is 2.38. The summed E-state index contributed by atoms with van der Waals surface area (Å²) >= 11 is 3.33. The zero-order valence-corrected chi connectivity index (χ0v) is 14.7. The van der Waals surface area contributed by atoms with Crippen molar-refractivity contribution in [1.82, 2.24) is 10.2 Å². The number of halogens is 1. The van der Waals surface area contributed by atoms with E-state index in [0.717, 1.165) is 9.37 Å². The number of nitrogens with one attached hydrogen (secondary N) is 1. The van der Waals surface area contributed by atoms with Crippen molar-refractivity contribution in [1.29, 1.82) is 0 Å². The summed E-state index contributed by atoms with van der Waals surface area (Å²) in [5.74, 6) is 0.618. The maximum atomic E-state index is 12.2. The van der Waals surface area contributed by atoms with Crippen LogP contribution in [0, 0.1) is 5.92 Å². The molecule has 3 amide bonds. The molecule has 1 saturated heterocycles. The number of carbonyl (C=O) groups excluding carboxylic acids is 2. The molecule has 1 fully saturated rings. The van der Waals surface area contributed by atoms with Gasteiger partial charge in [0.05, 0.1) is 6.54 Å². The Balaban J connectivity index is 1.86. The van der Waals surface area contributed by atoms with Crippen LogP contribution >= 0.6 is 15.9 Å². The normalized spacial score (nSPS) is 19.2. The summed E-state index contributed by atoms with van der Waals surface area (Å²) in [4.78, 5) is 25.1. The average molecular weight is 385 g/mol. The van der Waals surface area contributed by atoms with Crippen molar-refractivity contribution in [2.75, 3.05) is 13.2 Å². The van der Waals surface area contributed by atoms with Gasteiger partial charge in [-0.25, -0.2) is 4.79 Å². The molecule has 0 bridgehead atoms. The molecule has 0 spiro atoms. The predicted molar refractivity (Wildman–Crippen MR) is 89.1 cm³/mol. The van der Waals surface area contributed by atoms with Gasteiger partial charge in [-0.15, -0.1) is 0 Å². The van der Waals surface area contributed by atoms with Crippen molar-refractivity contribution >= 4 is 27.9 Å². The van der Waals surface area contributed by atoms with E-state index >= 15 is 0 Å². The first-order chi connectivity index (χ1) is 10.9. The molecule has 2 rings (SSSR count). The maximum Gasteiger partial charge on any atom is 0.324 e. The number of hydrogen-bond donors (Lipinski definition) is 2. The maximum absolute atomic E-state index is 12.2. The minimum atomic E-state index is -0.943. The first-order valence-electron chi connectivity index (χ1n) is 7.55. The van der Waals surface area contributed by atoms with Crippen molar-refractivity contribution in [3.8, 4) is 5.75 Å². The van der Waals surface area contributed by atoms with E-state index in [2.05, 4.69) is 21.2 Å². The van der Waals surface area contributed by atoms with Crippen LogP contribution < -0.4 is 10.1 Å². The summed E-state index contributed by atoms with van der Waals surface area (Å²) in [5.41, 5.74) is 0. The van der Waals surface area contributed by atoms with E-state index in [-0.39, 0.29) is 19.1 Å². The first kappa shape index (κ1) is 17.7. The van der Waals surface area contributed by atoms with Gasteiger partial charge in [0, 0.05) is 4.47 Å². The molecule has 2 unspecified atom stereocenters. The van der Waals surface area contributed by atoms with E-state index in [1.807, 2.05) is 26.0 Å². The van der Waals surface area contributed by atoms with Crippen LogP contribution in [0.4, 0.5) is 4.79 Å². The highest BCUT2D eigenvalue weighted by Crippen LogP contribution is 2.18. The molecule has 1 aliphatic rings. The van der Waals surface area contributed by atoms with Gasteiger partial charge in [0.2, 0.25) is 0 Å². The van der Waals surface area contributed by atoms with Gasteiger partial charge in [-0.1, -0.05) is 35.8 Å². The number of hydrogen-bond acceptors (Lipinski definition) is 4. The van der Waals surface area contributed by atoms with Gasteiger partial charge >= 0.3 is 6.03 Å². The molecule has 0 aromatic heterocycles. The van der Waals surface area contributed by atoms with Crippen molar-refractivity contribution < 1.29 is 19.4 Å². The Hall–Kier alpha value is -1.60. The monoisotopic (exact) mass is 384 g/mol. The zero-order valence-electron chi connectivity index (χ0n) is 13.2. The van der Waals surface area contributed by atoms with Gasteiger partial charge in [0.25, 0.3) is 5.91 Å². The average Bonchev–Trinajstić information content (AvgIpc) is 2.72. The summed E-state index contributed by atoms with van der Waals surface area (Å²) in [6.45, 7) is 3.90. The molecular weight excluding hydrogens is 364 g/mol. The molecule has 1 aromatic carbocycles. The van der Waals surface area contributed by atoms with Crippen LogP contribution in [-0.4, -0.2) is 47.2 Å². The number of imide groups is 1. The summed E-state index contributed by atoms with van der Waals surface area (Å²) in [6.07, 6.45) is -0.354. The quantitative estimate of drug-likeness (QED) is 0.705. The molecule has 1 heterocycles. The lowest BCUT2D eigenvalue weighted by Crippen LogP contribution is -2.40. The molecule has 0 aliphatic carbocycles. The molecule has 1 aliphatic heterocycles. The largest absolute Gasteiger partial charge is 0.491 e. The van der Waals surface area contributed by atoms with Crippen molar-refractivity contribution in [2.45, 2.75) is 32.4 Å². The third-order valence-corrected chi connectivity index (χ3v) is 3.94. The predicted octanol–water partition coefficient (Wildman–Crippen LogP) is 2.16. The minimum Gasteiger partial charge on any atom is -0.491 e. The fourth-order valence-corrected chi connectivity index (χ4v) is 2.77. The SMILES string of the molecule is CC(C)CC1NC(=O)N(CC(O)COc2cccc(Br)c2)C1=O. The highest BCUT2D eigenvalue weighted by atomic mass is 79.9. The van der Waals surface area contributed by atoms with Gasteiger partial charge in [0.1, 0.15) is 24.5 Å². The molecule has 23 heavy (non-hydrogen) atoms. The van der Waals surface area contributed by atoms with Gasteiger partial charge in [-0.05, 0) is 30.5 Å². The molecular formula is C16H21BrN2O4. The smallest absolute Gasteiger partial charge is 0.324 e. The van der Waals surface area contributed by atoms with Crippen LogP contribution in [0.3, 0.4) is 0 Å². The second-order valence-corrected chi connectivity index (χ2v) is 6.92. The summed E-state index contributed by atoms with van der Waals surface area (Å²) in [5, 5.41) is 12.7. The molecule has 2 N–H and O–H groups in total. The number of amides is 3. The Morgan fingerprint density at radius 3 is 2.78 bits per heavy atom. The van der Waals surface area contributed by atoms with E-state index in [0.29, 0.717) is 18.1 Å². The number of ether oxygens (including phenoxy) is 1. The Morgan fingerprint density at radius 1 is 1.39 bits per heavy atom. The third-order valence-electron chi connectivity index (χ3n) is 3.45. The Kier molecular flexibility index (Phi) is 6.01. The number of aliphatic hydroxyl groups is 1. The second kappa shape index (κ2) is 7.79. The Morgan fingerprint density at radius 2 is 2.13 bits per heavy atom. The standard InChI is InChI=1S/C16H21BrN2O4/c1-10(2)6-14-15(21)19(16(22)18-14)8-12(20)9-23-13-5-3-4-11(17)7-13/h3-5,7,10,12,14,20H,6,8-9H2,1-2H3,(H,18,22). The van der Waals surface area contributed by atoms with Crippen LogP contribution in [0.1, 0.15) is 20.3 Å². The van der Waals surface area contributed by atoms with E-state index in [4.69, 9.17) is 4.74 Å². The fraction of sp³-hybridized carbons (Fsp3) is 0.500. The minimum absolute atomic E-state index is 0.00234. The molecule has 6 nitrogen and oxygen atoms in total. The molecule has 2 atom stereocenters. The van der Waals surface area contributed by atoms with Gasteiger partial charge in [-0.3, -0.25) is 9.69 Å². The number of β-amino-alcohol motifs (C(OH)–C–C–N with tert-alkyl or cyclic N) is 1. The van der Waals surface area contributed by atoms with Crippen molar-refractivity contribution in [3.05, 3.63) is 28.7 Å². The number of benzene rings is 1. The number of urea groups is 1. The summed E-state index contributed by atoms with van der Waals surface area (Å²) < 4.78 is 6.34. The van der Waals surface area contributed by atoms with E-state index in [1.54, 1.807) is 12.1 Å². The van der Waals surface area contributed by atoms with Crippen LogP contribution in [0.15, 0.2) is 28.7 Å². The summed E-state index contributed by atoms with van der Waals surface area (Å²) in [7, 11) is 0. The lowest BCUT2D eigenvalue weighted by Gasteiger charge is -2.18. The van der Waals surface area contributed by atoms with Crippen molar-refractivity contribution in [2.24, 2.45) is 5.92 Å². The molecule has 126 valence electrons. The number of carbonyl (C=O) groups is 2. The Bertz CT molecular complexity index is 579. The van der Waals surface area contributed by atoms with E-state index in [1.165, 1.54) is 0 Å². The van der Waals surface area contributed by atoms with E-state index in [9.17, 15) is 14.7 Å². The van der Waals surface area contributed by atoms with Gasteiger partial charge in [0.15, 0.2) is 0 Å². The third kappa shape index (κ3) is 4.94. The molecule has 7 heteroatoms. The topological polar surface area (TPSA) is 78.9 Å². The Labute approximate surface area is 143 Å². The zero-order chi connectivity index (χ0) is 17.0. The van der Waals surface area contributed by atoms with Crippen molar-refractivity contribution in [3.63, 3.8) is 0 Å². The van der Waals surface area contributed by atoms with Crippen LogP contribution in [0.25, 0.3) is 0 Å². The van der Waals surface area contributed by atoms with Gasteiger partial charge in [-0.2, -0.15) is 0 Å². The van der Waals surface area contributed by atoms with Crippen LogP contribution in [0.2, 0.25) is 0 Å².